The number of carboxylic acid groups (broad SMARTS) is 1. The SMILES string of the molecule is CC(CC(=O)O)c1ccc(NC(=O)C2(CN)CC2)cc1. The lowest BCUT2D eigenvalue weighted by Gasteiger charge is -2.14. The van der Waals surface area contributed by atoms with E-state index in [0.29, 0.717) is 6.54 Å². The fourth-order valence-electron chi connectivity index (χ4n) is 2.21. The number of hydrogen-bond acceptors (Lipinski definition) is 3. The summed E-state index contributed by atoms with van der Waals surface area (Å²) in [6.07, 6.45) is 1.80. The van der Waals surface area contributed by atoms with Gasteiger partial charge >= 0.3 is 5.97 Å². The van der Waals surface area contributed by atoms with Crippen LogP contribution in [0.25, 0.3) is 0 Å². The van der Waals surface area contributed by atoms with E-state index < -0.39 is 5.97 Å². The monoisotopic (exact) mass is 276 g/mol. The lowest BCUT2D eigenvalue weighted by molar-refractivity contribution is -0.137. The molecule has 1 unspecified atom stereocenters. The molecule has 1 aromatic rings. The van der Waals surface area contributed by atoms with Crippen molar-refractivity contribution in [3.8, 4) is 0 Å². The first-order valence-electron chi connectivity index (χ1n) is 6.80. The lowest BCUT2D eigenvalue weighted by atomic mass is 9.97. The Hall–Kier alpha value is -1.88. The molecule has 0 aromatic heterocycles. The van der Waals surface area contributed by atoms with Crippen molar-refractivity contribution >= 4 is 17.6 Å². The zero-order valence-electron chi connectivity index (χ0n) is 11.6. The Balaban J connectivity index is 1.98. The molecule has 0 bridgehead atoms. The van der Waals surface area contributed by atoms with Gasteiger partial charge in [-0.05, 0) is 36.5 Å². The van der Waals surface area contributed by atoms with E-state index in [0.717, 1.165) is 24.1 Å². The van der Waals surface area contributed by atoms with E-state index in [1.54, 1.807) is 12.1 Å². The summed E-state index contributed by atoms with van der Waals surface area (Å²) >= 11 is 0. The largest absolute Gasteiger partial charge is 0.481 e. The van der Waals surface area contributed by atoms with Gasteiger partial charge in [0.15, 0.2) is 0 Å². The number of carboxylic acids is 1. The summed E-state index contributed by atoms with van der Waals surface area (Å²) in [5.41, 5.74) is 6.92. The van der Waals surface area contributed by atoms with Gasteiger partial charge in [-0.1, -0.05) is 19.1 Å². The molecule has 0 saturated heterocycles. The summed E-state index contributed by atoms with van der Waals surface area (Å²) in [5.74, 6) is -0.879. The molecule has 1 saturated carbocycles. The number of nitrogens with one attached hydrogen (secondary N) is 1. The third-order valence-corrected chi connectivity index (χ3v) is 3.94. The minimum atomic E-state index is -0.812. The van der Waals surface area contributed by atoms with E-state index in [1.165, 1.54) is 0 Å². The van der Waals surface area contributed by atoms with E-state index in [2.05, 4.69) is 5.32 Å². The Morgan fingerprint density at radius 1 is 1.35 bits per heavy atom. The fraction of sp³-hybridized carbons (Fsp3) is 0.467. The molecule has 5 nitrogen and oxygen atoms in total. The maximum absolute atomic E-state index is 12.0. The normalized spacial score (nSPS) is 17.3. The van der Waals surface area contributed by atoms with Crippen molar-refractivity contribution in [2.75, 3.05) is 11.9 Å². The van der Waals surface area contributed by atoms with Gasteiger partial charge in [0.25, 0.3) is 0 Å². The molecule has 2 rings (SSSR count). The molecule has 1 fully saturated rings. The van der Waals surface area contributed by atoms with Crippen LogP contribution >= 0.6 is 0 Å². The van der Waals surface area contributed by atoms with Crippen LogP contribution in [0.1, 0.15) is 37.7 Å². The third kappa shape index (κ3) is 3.17. The van der Waals surface area contributed by atoms with Crippen LogP contribution in [0, 0.1) is 5.41 Å². The molecule has 20 heavy (non-hydrogen) atoms. The zero-order chi connectivity index (χ0) is 14.8. The quantitative estimate of drug-likeness (QED) is 0.740. The standard InChI is InChI=1S/C15H20N2O3/c1-10(8-13(18)19)11-2-4-12(5-3-11)17-14(20)15(9-16)6-7-15/h2-5,10H,6-9,16H2,1H3,(H,17,20)(H,18,19). The average molecular weight is 276 g/mol. The first kappa shape index (κ1) is 14.5. The summed E-state index contributed by atoms with van der Waals surface area (Å²) in [7, 11) is 0. The van der Waals surface area contributed by atoms with Crippen LogP contribution in [0.2, 0.25) is 0 Å². The van der Waals surface area contributed by atoms with E-state index in [9.17, 15) is 9.59 Å². The Labute approximate surface area is 118 Å². The highest BCUT2D eigenvalue weighted by molar-refractivity contribution is 5.97. The summed E-state index contributed by atoms with van der Waals surface area (Å²) in [4.78, 5) is 22.7. The van der Waals surface area contributed by atoms with Crippen LogP contribution in [0.15, 0.2) is 24.3 Å². The van der Waals surface area contributed by atoms with Crippen molar-refractivity contribution < 1.29 is 14.7 Å². The molecule has 1 aliphatic rings. The molecular weight excluding hydrogens is 256 g/mol. The molecule has 1 aromatic carbocycles. The highest BCUT2D eigenvalue weighted by atomic mass is 16.4. The number of benzene rings is 1. The Kier molecular flexibility index (Phi) is 4.09. The Morgan fingerprint density at radius 3 is 2.40 bits per heavy atom. The first-order valence-corrected chi connectivity index (χ1v) is 6.80. The van der Waals surface area contributed by atoms with Gasteiger partial charge < -0.3 is 16.2 Å². The van der Waals surface area contributed by atoms with Gasteiger partial charge in [-0.25, -0.2) is 0 Å². The van der Waals surface area contributed by atoms with E-state index in [-0.39, 0.29) is 23.7 Å². The number of carbonyl (C=O) groups excluding carboxylic acids is 1. The molecule has 0 spiro atoms. The van der Waals surface area contributed by atoms with Crippen LogP contribution in [0.5, 0.6) is 0 Å². The van der Waals surface area contributed by atoms with Crippen LogP contribution in [0.4, 0.5) is 5.69 Å². The molecule has 1 aliphatic carbocycles. The predicted octanol–water partition coefficient (Wildman–Crippen LogP) is 1.94. The number of carbonyl (C=O) groups is 2. The van der Waals surface area contributed by atoms with Crippen molar-refractivity contribution in [2.24, 2.45) is 11.1 Å². The Bertz CT molecular complexity index is 506. The van der Waals surface area contributed by atoms with Gasteiger partial charge in [0.2, 0.25) is 5.91 Å². The molecule has 108 valence electrons. The second-order valence-electron chi connectivity index (χ2n) is 5.56. The Morgan fingerprint density at radius 2 is 1.95 bits per heavy atom. The summed E-state index contributed by atoms with van der Waals surface area (Å²) in [6, 6.07) is 7.31. The van der Waals surface area contributed by atoms with Crippen LogP contribution in [-0.4, -0.2) is 23.5 Å². The fourth-order valence-corrected chi connectivity index (χ4v) is 2.21. The van der Waals surface area contributed by atoms with E-state index in [4.69, 9.17) is 10.8 Å². The minimum absolute atomic E-state index is 0.0219. The van der Waals surface area contributed by atoms with Crippen molar-refractivity contribution in [3.63, 3.8) is 0 Å². The maximum Gasteiger partial charge on any atom is 0.303 e. The molecule has 5 heteroatoms. The van der Waals surface area contributed by atoms with Gasteiger partial charge in [-0.3, -0.25) is 9.59 Å². The second kappa shape index (κ2) is 5.63. The smallest absolute Gasteiger partial charge is 0.303 e. The summed E-state index contributed by atoms with van der Waals surface area (Å²) < 4.78 is 0. The lowest BCUT2D eigenvalue weighted by Crippen LogP contribution is -2.30. The van der Waals surface area contributed by atoms with Gasteiger partial charge in [0, 0.05) is 12.2 Å². The molecule has 1 amide bonds. The van der Waals surface area contributed by atoms with Gasteiger partial charge in [-0.15, -0.1) is 0 Å². The minimum Gasteiger partial charge on any atom is -0.481 e. The first-order chi connectivity index (χ1) is 9.47. The number of rotatable bonds is 6. The number of nitrogens with two attached hydrogens (primary N) is 1. The number of aliphatic carboxylic acids is 1. The molecular formula is C15H20N2O3. The molecule has 0 heterocycles. The number of hydrogen-bond donors (Lipinski definition) is 3. The maximum atomic E-state index is 12.0. The zero-order valence-corrected chi connectivity index (χ0v) is 11.6. The highest BCUT2D eigenvalue weighted by Gasteiger charge is 2.48. The second-order valence-corrected chi connectivity index (χ2v) is 5.56. The van der Waals surface area contributed by atoms with Gasteiger partial charge in [0.1, 0.15) is 0 Å². The predicted molar refractivity (Wildman–Crippen MR) is 76.5 cm³/mol. The topological polar surface area (TPSA) is 92.4 Å². The van der Waals surface area contributed by atoms with Crippen LogP contribution in [0.3, 0.4) is 0 Å². The van der Waals surface area contributed by atoms with Gasteiger partial charge in [0.05, 0.1) is 11.8 Å². The van der Waals surface area contributed by atoms with Crippen molar-refractivity contribution in [3.05, 3.63) is 29.8 Å². The molecule has 4 N–H and O–H groups in total. The van der Waals surface area contributed by atoms with Crippen molar-refractivity contribution in [1.82, 2.24) is 0 Å². The number of anilines is 1. The van der Waals surface area contributed by atoms with Crippen LogP contribution < -0.4 is 11.1 Å². The van der Waals surface area contributed by atoms with E-state index >= 15 is 0 Å². The summed E-state index contributed by atoms with van der Waals surface area (Å²) in [6.45, 7) is 2.25. The molecule has 1 atom stereocenters. The van der Waals surface area contributed by atoms with Crippen molar-refractivity contribution in [1.29, 1.82) is 0 Å². The number of amides is 1. The van der Waals surface area contributed by atoms with E-state index in [1.807, 2.05) is 19.1 Å². The highest BCUT2D eigenvalue weighted by Crippen LogP contribution is 2.45. The van der Waals surface area contributed by atoms with Crippen molar-refractivity contribution in [2.45, 2.75) is 32.1 Å². The van der Waals surface area contributed by atoms with Gasteiger partial charge in [-0.2, -0.15) is 0 Å². The summed E-state index contributed by atoms with van der Waals surface area (Å²) in [5, 5.41) is 11.6. The third-order valence-electron chi connectivity index (χ3n) is 3.94. The molecule has 0 radical (unpaired) electrons. The molecule has 0 aliphatic heterocycles. The average Bonchev–Trinajstić information content (AvgIpc) is 3.19. The van der Waals surface area contributed by atoms with Crippen LogP contribution in [-0.2, 0) is 9.59 Å².